The summed E-state index contributed by atoms with van der Waals surface area (Å²) in [5.74, 6) is 1.57. The topological polar surface area (TPSA) is 38.0 Å². The molecule has 3 N–H and O–H groups in total. The molecule has 1 aliphatic rings. The van der Waals surface area contributed by atoms with Gasteiger partial charge in [-0.1, -0.05) is 45.0 Å². The molecule has 1 fully saturated rings. The maximum atomic E-state index is 5.97. The maximum Gasteiger partial charge on any atom is 0.0446 e. The van der Waals surface area contributed by atoms with Crippen LogP contribution in [0.4, 0.5) is 0 Å². The van der Waals surface area contributed by atoms with Crippen molar-refractivity contribution in [2.45, 2.75) is 58.5 Å². The van der Waals surface area contributed by atoms with Gasteiger partial charge < -0.3 is 11.1 Å². The molecule has 0 radical (unpaired) electrons. The first-order valence-electron chi connectivity index (χ1n) is 8.13. The van der Waals surface area contributed by atoms with Crippen molar-refractivity contribution in [3.8, 4) is 0 Å². The molecule has 0 heterocycles. The van der Waals surface area contributed by atoms with Crippen LogP contribution in [-0.2, 0) is 6.42 Å². The Morgan fingerprint density at radius 1 is 1.20 bits per heavy atom. The number of nitrogens with one attached hydrogen (secondary N) is 1. The number of benzene rings is 1. The molecule has 0 spiro atoms. The van der Waals surface area contributed by atoms with Crippen LogP contribution in [-0.4, -0.2) is 12.6 Å². The molecule has 0 aromatic heterocycles. The largest absolute Gasteiger partial charge is 0.329 e. The van der Waals surface area contributed by atoms with Crippen molar-refractivity contribution in [3.63, 3.8) is 0 Å². The molecule has 0 amide bonds. The Bertz CT molecular complexity index is 396. The summed E-state index contributed by atoms with van der Waals surface area (Å²) in [6, 6.07) is 9.97. The van der Waals surface area contributed by atoms with Crippen LogP contribution in [0.1, 0.15) is 57.2 Å². The molecule has 2 heteroatoms. The molecule has 3 unspecified atom stereocenters. The second-order valence-corrected chi connectivity index (χ2v) is 6.91. The van der Waals surface area contributed by atoms with Gasteiger partial charge in [-0.05, 0) is 48.6 Å². The van der Waals surface area contributed by atoms with E-state index in [9.17, 15) is 0 Å². The standard InChI is InChI=1S/C18H30N2/c1-13(2)10-15-5-7-16(8-6-15)18(12-19)20-17-9-4-14(3)11-17/h5-8,13-14,17-18,20H,4,9-12,19H2,1-3H3. The number of nitrogens with two attached hydrogens (primary N) is 1. The molecule has 1 aromatic rings. The molecule has 0 aliphatic heterocycles. The van der Waals surface area contributed by atoms with E-state index in [2.05, 4.69) is 50.4 Å². The maximum absolute atomic E-state index is 5.97. The average Bonchev–Trinajstić information content (AvgIpc) is 2.82. The van der Waals surface area contributed by atoms with Crippen LogP contribution in [0.5, 0.6) is 0 Å². The van der Waals surface area contributed by atoms with E-state index in [4.69, 9.17) is 5.73 Å². The predicted octanol–water partition coefficient (Wildman–Crippen LogP) is 3.66. The van der Waals surface area contributed by atoms with Crippen LogP contribution in [0, 0.1) is 11.8 Å². The SMILES string of the molecule is CC(C)Cc1ccc(C(CN)NC2CCC(C)C2)cc1. The van der Waals surface area contributed by atoms with E-state index >= 15 is 0 Å². The van der Waals surface area contributed by atoms with Gasteiger partial charge in [0.25, 0.3) is 0 Å². The molecule has 0 bridgehead atoms. The molecular formula is C18H30N2. The van der Waals surface area contributed by atoms with Crippen molar-refractivity contribution in [1.29, 1.82) is 0 Å². The Hall–Kier alpha value is -0.860. The highest BCUT2D eigenvalue weighted by atomic mass is 15.0. The van der Waals surface area contributed by atoms with E-state index in [1.165, 1.54) is 30.4 Å². The molecule has 1 aliphatic carbocycles. The molecular weight excluding hydrogens is 244 g/mol. The van der Waals surface area contributed by atoms with E-state index in [-0.39, 0.29) is 0 Å². The highest BCUT2D eigenvalue weighted by Gasteiger charge is 2.23. The zero-order valence-corrected chi connectivity index (χ0v) is 13.2. The monoisotopic (exact) mass is 274 g/mol. The zero-order chi connectivity index (χ0) is 14.5. The minimum Gasteiger partial charge on any atom is -0.329 e. The van der Waals surface area contributed by atoms with Crippen molar-refractivity contribution in [3.05, 3.63) is 35.4 Å². The molecule has 2 nitrogen and oxygen atoms in total. The van der Waals surface area contributed by atoms with Crippen LogP contribution < -0.4 is 11.1 Å². The Balaban J connectivity index is 1.96. The molecule has 3 atom stereocenters. The molecule has 1 saturated carbocycles. The van der Waals surface area contributed by atoms with Gasteiger partial charge in [0, 0.05) is 18.6 Å². The van der Waals surface area contributed by atoms with Gasteiger partial charge in [0.05, 0.1) is 0 Å². The fourth-order valence-corrected chi connectivity index (χ4v) is 3.30. The van der Waals surface area contributed by atoms with Gasteiger partial charge in [0.1, 0.15) is 0 Å². The number of rotatable bonds is 6. The highest BCUT2D eigenvalue weighted by molar-refractivity contribution is 5.25. The molecule has 2 rings (SSSR count). The summed E-state index contributed by atoms with van der Waals surface area (Å²) in [7, 11) is 0. The van der Waals surface area contributed by atoms with Gasteiger partial charge in [-0.15, -0.1) is 0 Å². The minimum absolute atomic E-state index is 0.304. The van der Waals surface area contributed by atoms with E-state index < -0.39 is 0 Å². The number of hydrogen-bond donors (Lipinski definition) is 2. The summed E-state index contributed by atoms with van der Waals surface area (Å²) in [4.78, 5) is 0. The second-order valence-electron chi connectivity index (χ2n) is 6.91. The second kappa shape index (κ2) is 7.24. The van der Waals surface area contributed by atoms with Crippen LogP contribution in [0.15, 0.2) is 24.3 Å². The van der Waals surface area contributed by atoms with Crippen LogP contribution >= 0.6 is 0 Å². The van der Waals surface area contributed by atoms with Crippen LogP contribution in [0.2, 0.25) is 0 Å². The van der Waals surface area contributed by atoms with Crippen molar-refractivity contribution in [2.75, 3.05) is 6.54 Å². The Morgan fingerprint density at radius 3 is 2.40 bits per heavy atom. The fourth-order valence-electron chi connectivity index (χ4n) is 3.30. The summed E-state index contributed by atoms with van der Waals surface area (Å²) >= 11 is 0. The van der Waals surface area contributed by atoms with Gasteiger partial charge in [0.15, 0.2) is 0 Å². The van der Waals surface area contributed by atoms with Crippen molar-refractivity contribution in [1.82, 2.24) is 5.32 Å². The number of hydrogen-bond acceptors (Lipinski definition) is 2. The van der Waals surface area contributed by atoms with Gasteiger partial charge in [-0.2, -0.15) is 0 Å². The van der Waals surface area contributed by atoms with E-state index in [1.807, 2.05) is 0 Å². The summed E-state index contributed by atoms with van der Waals surface area (Å²) < 4.78 is 0. The summed E-state index contributed by atoms with van der Waals surface area (Å²) in [6.07, 6.45) is 5.09. The lowest BCUT2D eigenvalue weighted by molar-refractivity contribution is 0.434. The van der Waals surface area contributed by atoms with Gasteiger partial charge in [0.2, 0.25) is 0 Å². The minimum atomic E-state index is 0.304. The third kappa shape index (κ3) is 4.32. The summed E-state index contributed by atoms with van der Waals surface area (Å²) in [5, 5.41) is 3.75. The third-order valence-corrected chi connectivity index (χ3v) is 4.39. The molecule has 0 saturated heterocycles. The van der Waals surface area contributed by atoms with E-state index in [0.717, 1.165) is 12.3 Å². The lowest BCUT2D eigenvalue weighted by atomic mass is 9.99. The van der Waals surface area contributed by atoms with E-state index in [1.54, 1.807) is 0 Å². The van der Waals surface area contributed by atoms with Crippen molar-refractivity contribution < 1.29 is 0 Å². The highest BCUT2D eigenvalue weighted by Crippen LogP contribution is 2.27. The Labute approximate surface area is 124 Å². The molecule has 20 heavy (non-hydrogen) atoms. The summed E-state index contributed by atoms with van der Waals surface area (Å²) in [5.41, 5.74) is 8.73. The third-order valence-electron chi connectivity index (χ3n) is 4.39. The van der Waals surface area contributed by atoms with Crippen molar-refractivity contribution >= 4 is 0 Å². The lowest BCUT2D eigenvalue weighted by Gasteiger charge is -2.22. The lowest BCUT2D eigenvalue weighted by Crippen LogP contribution is -2.35. The smallest absolute Gasteiger partial charge is 0.0446 e. The normalized spacial score (nSPS) is 24.2. The van der Waals surface area contributed by atoms with Gasteiger partial charge >= 0.3 is 0 Å². The van der Waals surface area contributed by atoms with Crippen LogP contribution in [0.3, 0.4) is 0 Å². The molecule has 1 aromatic carbocycles. The average molecular weight is 274 g/mol. The Morgan fingerprint density at radius 2 is 1.90 bits per heavy atom. The van der Waals surface area contributed by atoms with Crippen molar-refractivity contribution in [2.24, 2.45) is 17.6 Å². The summed E-state index contributed by atoms with van der Waals surface area (Å²) in [6.45, 7) is 7.55. The van der Waals surface area contributed by atoms with Crippen LogP contribution in [0.25, 0.3) is 0 Å². The first kappa shape index (κ1) is 15.5. The first-order chi connectivity index (χ1) is 9.58. The quantitative estimate of drug-likeness (QED) is 0.830. The fraction of sp³-hybridized carbons (Fsp3) is 0.667. The van der Waals surface area contributed by atoms with E-state index in [0.29, 0.717) is 24.5 Å². The zero-order valence-electron chi connectivity index (χ0n) is 13.2. The Kier molecular flexibility index (Phi) is 5.62. The predicted molar refractivity (Wildman–Crippen MR) is 86.7 cm³/mol. The molecule has 112 valence electrons. The first-order valence-corrected chi connectivity index (χ1v) is 8.13. The van der Waals surface area contributed by atoms with Gasteiger partial charge in [-0.3, -0.25) is 0 Å². The van der Waals surface area contributed by atoms with Gasteiger partial charge in [-0.25, -0.2) is 0 Å².